The van der Waals surface area contributed by atoms with Crippen LogP contribution in [0.4, 0.5) is 0 Å². The van der Waals surface area contributed by atoms with Crippen molar-refractivity contribution in [3.8, 4) is 0 Å². The Labute approximate surface area is 280 Å². The van der Waals surface area contributed by atoms with Crippen LogP contribution in [-0.2, 0) is 27.9 Å². The normalized spacial score (nSPS) is 13.7. The van der Waals surface area contributed by atoms with E-state index < -0.39 is 26.5 Å². The molecular formula is C36H68NO8P. The molecule has 0 spiro atoms. The average Bonchev–Trinajstić information content (AvgIpc) is 3.04. The number of hydrogen-bond donors (Lipinski definition) is 3. The Hall–Kier alpha value is -1.51. The van der Waals surface area contributed by atoms with Crippen molar-refractivity contribution in [2.24, 2.45) is 0 Å². The molecule has 0 saturated carbocycles. The number of aliphatic hydroxyl groups is 1. The number of phosphoric ester groups is 1. The first-order chi connectivity index (χ1) is 22.3. The number of hydrogen-bond acceptors (Lipinski definition) is 7. The van der Waals surface area contributed by atoms with Crippen LogP contribution in [0.2, 0.25) is 0 Å². The van der Waals surface area contributed by atoms with Crippen LogP contribution < -0.4 is 5.32 Å². The minimum atomic E-state index is -4.41. The molecule has 0 aliphatic rings. The molecule has 46 heavy (non-hydrogen) atoms. The molecule has 3 N–H and O–H groups in total. The van der Waals surface area contributed by atoms with Crippen LogP contribution in [0.25, 0.3) is 0 Å². The van der Waals surface area contributed by atoms with Crippen molar-refractivity contribution in [1.29, 1.82) is 0 Å². The number of amides is 1. The van der Waals surface area contributed by atoms with Gasteiger partial charge in [0.2, 0.25) is 5.91 Å². The average molecular weight is 674 g/mol. The molecule has 0 aromatic carbocycles. The third kappa shape index (κ3) is 33.8. The molecule has 0 saturated heterocycles. The molecule has 10 heteroatoms. The molecule has 1 amide bonds. The van der Waals surface area contributed by atoms with Gasteiger partial charge in [-0.15, -0.1) is 0 Å². The van der Waals surface area contributed by atoms with Gasteiger partial charge in [-0.05, 0) is 38.5 Å². The van der Waals surface area contributed by atoms with E-state index in [4.69, 9.17) is 13.8 Å². The fourth-order valence-corrected chi connectivity index (χ4v) is 5.56. The number of phosphoric acid groups is 1. The van der Waals surface area contributed by atoms with Crippen LogP contribution in [0.1, 0.15) is 162 Å². The molecule has 0 bridgehead atoms. The molecule has 0 radical (unpaired) electrons. The van der Waals surface area contributed by atoms with Crippen molar-refractivity contribution in [2.45, 2.75) is 168 Å². The summed E-state index contributed by atoms with van der Waals surface area (Å²) in [5.74, 6) is -0.531. The van der Waals surface area contributed by atoms with Crippen molar-refractivity contribution in [3.05, 3.63) is 24.3 Å². The SMILES string of the molecule is CCCC/C=C\C/C=C\CCCCCCCC(=O)OCC(O)COP(=O)(O)OCCNC(=O)CCCCCCCCCCCCC. The number of rotatable bonds is 34. The van der Waals surface area contributed by atoms with Crippen LogP contribution in [0.5, 0.6) is 0 Å². The summed E-state index contributed by atoms with van der Waals surface area (Å²) >= 11 is 0. The van der Waals surface area contributed by atoms with Gasteiger partial charge < -0.3 is 20.1 Å². The fourth-order valence-electron chi connectivity index (χ4n) is 4.81. The molecule has 9 nitrogen and oxygen atoms in total. The van der Waals surface area contributed by atoms with E-state index in [0.717, 1.165) is 64.2 Å². The van der Waals surface area contributed by atoms with Crippen molar-refractivity contribution in [1.82, 2.24) is 5.32 Å². The lowest BCUT2D eigenvalue weighted by molar-refractivity contribution is -0.147. The topological polar surface area (TPSA) is 131 Å². The molecule has 0 fully saturated rings. The molecule has 0 heterocycles. The lowest BCUT2D eigenvalue weighted by Gasteiger charge is -2.15. The maximum Gasteiger partial charge on any atom is 0.472 e. The molecule has 0 rings (SSSR count). The van der Waals surface area contributed by atoms with Gasteiger partial charge in [0.1, 0.15) is 12.7 Å². The summed E-state index contributed by atoms with van der Waals surface area (Å²) in [7, 11) is -4.41. The van der Waals surface area contributed by atoms with Gasteiger partial charge in [0.25, 0.3) is 0 Å². The summed E-state index contributed by atoms with van der Waals surface area (Å²) in [6, 6.07) is 0. The number of aliphatic hydroxyl groups excluding tert-OH is 1. The lowest BCUT2D eigenvalue weighted by Crippen LogP contribution is -2.27. The first-order valence-corrected chi connectivity index (χ1v) is 19.8. The molecule has 0 aromatic rings. The number of carbonyl (C=O) groups is 2. The van der Waals surface area contributed by atoms with E-state index in [2.05, 4.69) is 43.5 Å². The quantitative estimate of drug-likeness (QED) is 0.0267. The third-order valence-electron chi connectivity index (χ3n) is 7.63. The van der Waals surface area contributed by atoms with Gasteiger partial charge in [-0.25, -0.2) is 4.57 Å². The van der Waals surface area contributed by atoms with Crippen LogP contribution >= 0.6 is 7.82 Å². The first kappa shape index (κ1) is 44.5. The number of unbranched alkanes of at least 4 members (excludes halogenated alkanes) is 17. The zero-order valence-corrected chi connectivity index (χ0v) is 30.2. The predicted octanol–water partition coefficient (Wildman–Crippen LogP) is 9.26. The second-order valence-corrected chi connectivity index (χ2v) is 13.7. The van der Waals surface area contributed by atoms with Gasteiger partial charge in [-0.3, -0.25) is 18.6 Å². The van der Waals surface area contributed by atoms with Gasteiger partial charge in [0.15, 0.2) is 0 Å². The molecule has 0 aliphatic carbocycles. The van der Waals surface area contributed by atoms with E-state index in [1.807, 2.05) is 0 Å². The standard InChI is InChI=1S/C36H68NO8P/c1-3-5-7-9-11-13-15-16-17-19-21-23-25-27-29-36(40)43-32-34(38)33-45-46(41,42)44-31-30-37-35(39)28-26-24-22-20-18-14-12-10-8-6-4-2/h9,11,15-16,34,38H,3-8,10,12-14,17-33H2,1-2H3,(H,37,39)(H,41,42)/b11-9-,16-15-. The van der Waals surface area contributed by atoms with Crippen molar-refractivity contribution in [2.75, 3.05) is 26.4 Å². The highest BCUT2D eigenvalue weighted by molar-refractivity contribution is 7.47. The summed E-state index contributed by atoms with van der Waals surface area (Å²) in [5.41, 5.74) is 0. The van der Waals surface area contributed by atoms with Crippen molar-refractivity contribution < 1.29 is 37.9 Å². The van der Waals surface area contributed by atoms with E-state index in [1.54, 1.807) is 0 Å². The van der Waals surface area contributed by atoms with Gasteiger partial charge >= 0.3 is 13.8 Å². The molecule has 0 aromatic heterocycles. The lowest BCUT2D eigenvalue weighted by atomic mass is 10.1. The minimum Gasteiger partial charge on any atom is -0.463 e. The second kappa shape index (κ2) is 33.4. The fraction of sp³-hybridized carbons (Fsp3) is 0.833. The maximum absolute atomic E-state index is 12.0. The number of esters is 1. The summed E-state index contributed by atoms with van der Waals surface area (Å²) < 4.78 is 26.7. The molecule has 270 valence electrons. The first-order valence-electron chi connectivity index (χ1n) is 18.3. The molecule has 2 unspecified atom stereocenters. The second-order valence-electron chi connectivity index (χ2n) is 12.2. The van der Waals surface area contributed by atoms with Gasteiger partial charge in [-0.1, -0.05) is 134 Å². The monoisotopic (exact) mass is 673 g/mol. The molecular weight excluding hydrogens is 605 g/mol. The van der Waals surface area contributed by atoms with E-state index in [0.29, 0.717) is 6.42 Å². The van der Waals surface area contributed by atoms with E-state index >= 15 is 0 Å². The highest BCUT2D eigenvalue weighted by Gasteiger charge is 2.23. The van der Waals surface area contributed by atoms with Crippen molar-refractivity contribution >= 4 is 19.7 Å². The van der Waals surface area contributed by atoms with Crippen LogP contribution in [0, 0.1) is 0 Å². The van der Waals surface area contributed by atoms with E-state index in [1.165, 1.54) is 70.6 Å². The van der Waals surface area contributed by atoms with Gasteiger partial charge in [-0.2, -0.15) is 0 Å². The van der Waals surface area contributed by atoms with E-state index in [-0.39, 0.29) is 32.1 Å². The zero-order chi connectivity index (χ0) is 34.0. The predicted molar refractivity (Wildman–Crippen MR) is 188 cm³/mol. The Morgan fingerprint density at radius 1 is 0.674 bits per heavy atom. The smallest absolute Gasteiger partial charge is 0.463 e. The van der Waals surface area contributed by atoms with Gasteiger partial charge in [0.05, 0.1) is 13.2 Å². The highest BCUT2D eigenvalue weighted by Crippen LogP contribution is 2.42. The summed E-state index contributed by atoms with van der Waals surface area (Å²) in [6.45, 7) is 3.47. The Morgan fingerprint density at radius 3 is 1.80 bits per heavy atom. The Kier molecular flexibility index (Phi) is 32.3. The summed E-state index contributed by atoms with van der Waals surface area (Å²) in [4.78, 5) is 33.7. The molecule has 0 aliphatic heterocycles. The largest absolute Gasteiger partial charge is 0.472 e. The minimum absolute atomic E-state index is 0.0824. The Balaban J connectivity index is 3.65. The van der Waals surface area contributed by atoms with E-state index in [9.17, 15) is 24.2 Å². The Bertz CT molecular complexity index is 820. The van der Waals surface area contributed by atoms with Crippen LogP contribution in [0.15, 0.2) is 24.3 Å². The number of nitrogens with one attached hydrogen (secondary N) is 1. The van der Waals surface area contributed by atoms with Gasteiger partial charge in [0, 0.05) is 19.4 Å². The zero-order valence-electron chi connectivity index (χ0n) is 29.3. The summed E-state index contributed by atoms with van der Waals surface area (Å²) in [6.07, 6.45) is 32.5. The maximum atomic E-state index is 12.0. The summed E-state index contributed by atoms with van der Waals surface area (Å²) in [5, 5.41) is 12.6. The van der Waals surface area contributed by atoms with Crippen molar-refractivity contribution in [3.63, 3.8) is 0 Å². The Morgan fingerprint density at radius 2 is 1.20 bits per heavy atom. The highest BCUT2D eigenvalue weighted by atomic mass is 31.2. The van der Waals surface area contributed by atoms with Crippen LogP contribution in [0.3, 0.4) is 0 Å². The number of ether oxygens (including phenoxy) is 1. The molecule has 2 atom stereocenters. The third-order valence-corrected chi connectivity index (χ3v) is 8.62. The van der Waals surface area contributed by atoms with Crippen LogP contribution in [-0.4, -0.2) is 54.3 Å². The number of carbonyl (C=O) groups excluding carboxylic acids is 2. The number of allylic oxidation sites excluding steroid dienone is 4.